The van der Waals surface area contributed by atoms with E-state index < -0.39 is 0 Å². The van der Waals surface area contributed by atoms with E-state index in [1.54, 1.807) is 24.6 Å². The molecule has 3 heterocycles. The minimum atomic E-state index is 0. The predicted octanol–water partition coefficient (Wildman–Crippen LogP) is 4.52. The van der Waals surface area contributed by atoms with E-state index in [1.165, 1.54) is 18.4 Å². The molecule has 0 amide bonds. The zero-order valence-electron chi connectivity index (χ0n) is 17.1. The molecule has 1 atom stereocenters. The third kappa shape index (κ3) is 5.83. The van der Waals surface area contributed by atoms with Gasteiger partial charge in [0.25, 0.3) is 0 Å². The molecule has 2 N–H and O–H groups in total. The van der Waals surface area contributed by atoms with Crippen molar-refractivity contribution >= 4 is 41.3 Å². The molecule has 1 aliphatic heterocycles. The number of hydrogen-bond donors (Lipinski definition) is 2. The van der Waals surface area contributed by atoms with Crippen molar-refractivity contribution in [1.82, 2.24) is 20.5 Å². The van der Waals surface area contributed by atoms with Gasteiger partial charge < -0.3 is 15.1 Å². The van der Waals surface area contributed by atoms with E-state index in [2.05, 4.69) is 55.8 Å². The zero-order valence-corrected chi connectivity index (χ0v) is 20.2. The van der Waals surface area contributed by atoms with Crippen LogP contribution in [-0.2, 0) is 6.54 Å². The lowest BCUT2D eigenvalue weighted by Crippen LogP contribution is -2.42. The molecule has 3 aromatic rings. The van der Waals surface area contributed by atoms with Crippen molar-refractivity contribution in [3.63, 3.8) is 0 Å². The van der Waals surface area contributed by atoms with Gasteiger partial charge >= 0.3 is 0 Å². The van der Waals surface area contributed by atoms with Crippen molar-refractivity contribution in [1.29, 1.82) is 0 Å². The van der Waals surface area contributed by atoms with E-state index in [1.807, 2.05) is 17.5 Å². The highest BCUT2D eigenvalue weighted by atomic mass is 127. The van der Waals surface area contributed by atoms with Gasteiger partial charge in [0.2, 0.25) is 5.89 Å². The Kier molecular flexibility index (Phi) is 8.71. The van der Waals surface area contributed by atoms with E-state index in [0.717, 1.165) is 36.2 Å². The van der Waals surface area contributed by atoms with Crippen LogP contribution in [0.3, 0.4) is 0 Å². The molecule has 1 aromatic carbocycles. The number of halogens is 1. The summed E-state index contributed by atoms with van der Waals surface area (Å²) in [5.41, 5.74) is 2.20. The lowest BCUT2D eigenvalue weighted by molar-refractivity contribution is 0.245. The Hall–Kier alpha value is -1.91. The number of oxazole rings is 1. The Morgan fingerprint density at radius 3 is 2.67 bits per heavy atom. The number of thiophene rings is 1. The highest BCUT2D eigenvalue weighted by Crippen LogP contribution is 2.25. The van der Waals surface area contributed by atoms with Crippen molar-refractivity contribution in [2.75, 3.05) is 26.7 Å². The third-order valence-electron chi connectivity index (χ3n) is 5.17. The summed E-state index contributed by atoms with van der Waals surface area (Å²) in [4.78, 5) is 12.5. The fraction of sp³-hybridized carbons (Fsp3) is 0.364. The number of hydrogen-bond acceptors (Lipinski definition) is 5. The van der Waals surface area contributed by atoms with Crippen LogP contribution in [0.2, 0.25) is 0 Å². The predicted molar refractivity (Wildman–Crippen MR) is 133 cm³/mol. The maximum Gasteiger partial charge on any atom is 0.236 e. The van der Waals surface area contributed by atoms with Gasteiger partial charge in [-0.25, -0.2) is 4.98 Å². The molecule has 6 nitrogen and oxygen atoms in total. The lowest BCUT2D eigenvalue weighted by Gasteiger charge is -2.28. The maximum absolute atomic E-state index is 5.59. The first-order chi connectivity index (χ1) is 14.3. The van der Waals surface area contributed by atoms with Gasteiger partial charge in [0, 0.05) is 13.6 Å². The monoisotopic (exact) mass is 537 g/mol. The minimum absolute atomic E-state index is 0. The zero-order chi connectivity index (χ0) is 19.9. The first-order valence-electron chi connectivity index (χ1n) is 10.1. The van der Waals surface area contributed by atoms with Gasteiger partial charge in [-0.05, 0) is 42.9 Å². The van der Waals surface area contributed by atoms with E-state index in [9.17, 15) is 0 Å². The molecule has 4 rings (SSSR count). The Balaban J connectivity index is 0.00000256. The number of aliphatic imine (C=N–C) groups is 1. The summed E-state index contributed by atoms with van der Waals surface area (Å²) in [6, 6.07) is 15.1. The van der Waals surface area contributed by atoms with Gasteiger partial charge in [0.05, 0.1) is 23.2 Å². The van der Waals surface area contributed by atoms with Crippen LogP contribution in [0.5, 0.6) is 0 Å². The highest BCUT2D eigenvalue weighted by Gasteiger charge is 2.23. The molecule has 0 saturated carbocycles. The van der Waals surface area contributed by atoms with Crippen molar-refractivity contribution < 1.29 is 4.42 Å². The molecule has 1 aliphatic rings. The van der Waals surface area contributed by atoms with Gasteiger partial charge in [-0.2, -0.15) is 0 Å². The van der Waals surface area contributed by atoms with Crippen LogP contribution >= 0.6 is 35.3 Å². The highest BCUT2D eigenvalue weighted by molar-refractivity contribution is 14.0. The topological polar surface area (TPSA) is 65.7 Å². The number of guanidine groups is 1. The molecular weight excluding hydrogens is 509 g/mol. The van der Waals surface area contributed by atoms with Crippen LogP contribution in [0, 0.1) is 0 Å². The van der Waals surface area contributed by atoms with Crippen molar-refractivity contribution in [3.05, 3.63) is 65.4 Å². The van der Waals surface area contributed by atoms with Gasteiger partial charge in [-0.3, -0.25) is 9.89 Å². The fourth-order valence-corrected chi connectivity index (χ4v) is 4.33. The second-order valence-corrected chi connectivity index (χ2v) is 8.05. The second kappa shape index (κ2) is 11.5. The average Bonchev–Trinajstić information content (AvgIpc) is 3.53. The van der Waals surface area contributed by atoms with Crippen molar-refractivity contribution in [3.8, 4) is 10.8 Å². The van der Waals surface area contributed by atoms with E-state index in [4.69, 9.17) is 4.42 Å². The quantitative estimate of drug-likeness (QED) is 0.264. The summed E-state index contributed by atoms with van der Waals surface area (Å²) in [6.07, 6.45) is 4.25. The van der Waals surface area contributed by atoms with Crippen molar-refractivity contribution in [2.24, 2.45) is 4.99 Å². The van der Waals surface area contributed by atoms with Crippen LogP contribution in [0.4, 0.5) is 0 Å². The molecule has 0 bridgehead atoms. The SMILES string of the molecule is CN=C(NCc1coc(-c2cccs2)n1)NCC(c1ccccc1)N1CCCC1.I. The van der Waals surface area contributed by atoms with Crippen LogP contribution < -0.4 is 10.6 Å². The summed E-state index contributed by atoms with van der Waals surface area (Å²) >= 11 is 1.62. The molecule has 8 heteroatoms. The molecule has 0 aliphatic carbocycles. The van der Waals surface area contributed by atoms with Crippen molar-refractivity contribution in [2.45, 2.75) is 25.4 Å². The standard InChI is InChI=1S/C22H27N5OS.HI/c1-23-22(24-14-18-16-28-21(26-18)20-10-7-13-29-20)25-15-19(27-11-5-6-12-27)17-8-3-2-4-9-17;/h2-4,7-10,13,16,19H,5-6,11-12,14-15H2,1H3,(H2,23,24,25);1H. The van der Waals surface area contributed by atoms with Crippen LogP contribution in [-0.4, -0.2) is 42.5 Å². The Labute approximate surface area is 198 Å². The van der Waals surface area contributed by atoms with Gasteiger partial charge in [0.1, 0.15) is 6.26 Å². The molecule has 30 heavy (non-hydrogen) atoms. The lowest BCUT2D eigenvalue weighted by atomic mass is 10.1. The van der Waals surface area contributed by atoms with Gasteiger partial charge in [-0.15, -0.1) is 35.3 Å². The number of benzene rings is 1. The molecule has 1 unspecified atom stereocenters. The maximum atomic E-state index is 5.59. The third-order valence-corrected chi connectivity index (χ3v) is 6.03. The number of nitrogens with zero attached hydrogens (tertiary/aromatic N) is 3. The first-order valence-corrected chi connectivity index (χ1v) is 10.9. The fourth-order valence-electron chi connectivity index (χ4n) is 3.68. The van der Waals surface area contributed by atoms with Gasteiger partial charge in [-0.1, -0.05) is 36.4 Å². The largest absolute Gasteiger partial charge is 0.443 e. The first kappa shape index (κ1) is 22.8. The molecular formula is C22H28IN5OS. The molecule has 1 fully saturated rings. The Morgan fingerprint density at radius 1 is 1.17 bits per heavy atom. The summed E-state index contributed by atoms with van der Waals surface area (Å²) in [5, 5.41) is 8.85. The van der Waals surface area contributed by atoms with E-state index >= 15 is 0 Å². The summed E-state index contributed by atoms with van der Waals surface area (Å²) in [5.74, 6) is 1.43. The number of aromatic nitrogens is 1. The minimum Gasteiger partial charge on any atom is -0.443 e. The van der Waals surface area contributed by atoms with E-state index in [0.29, 0.717) is 18.5 Å². The Morgan fingerprint density at radius 2 is 1.97 bits per heavy atom. The number of likely N-dealkylation sites (tertiary alicyclic amines) is 1. The van der Waals surface area contributed by atoms with Crippen LogP contribution in [0.15, 0.2) is 63.5 Å². The average molecular weight is 537 g/mol. The molecule has 0 radical (unpaired) electrons. The summed E-state index contributed by atoms with van der Waals surface area (Å²) in [7, 11) is 1.79. The molecule has 0 spiro atoms. The molecule has 160 valence electrons. The summed E-state index contributed by atoms with van der Waals surface area (Å²) < 4.78 is 5.59. The number of rotatable bonds is 7. The Bertz CT molecular complexity index is 907. The van der Waals surface area contributed by atoms with Crippen LogP contribution in [0.1, 0.15) is 30.1 Å². The van der Waals surface area contributed by atoms with Crippen LogP contribution in [0.25, 0.3) is 10.8 Å². The normalized spacial score (nSPS) is 15.6. The second-order valence-electron chi connectivity index (χ2n) is 7.10. The molecule has 1 saturated heterocycles. The van der Waals surface area contributed by atoms with E-state index in [-0.39, 0.29) is 24.0 Å². The van der Waals surface area contributed by atoms with Gasteiger partial charge in [0.15, 0.2) is 5.96 Å². The summed E-state index contributed by atoms with van der Waals surface area (Å²) in [6.45, 7) is 3.67. The smallest absolute Gasteiger partial charge is 0.236 e. The molecule has 2 aromatic heterocycles. The number of nitrogens with one attached hydrogen (secondary N) is 2.